The molecule has 1 unspecified atom stereocenters. The standard InChI is InChI=1S/C13H17N5O2S/c1-7(2)9-6-21-13(15-9)17-11(19)10-16-12(20-18-10)8-4-3-5-14-8/h6-8,14H,3-5H2,1-2H3,(H,15,17,19). The second-order valence-corrected chi connectivity index (χ2v) is 6.15. The summed E-state index contributed by atoms with van der Waals surface area (Å²) in [6, 6.07) is 0.0615. The van der Waals surface area contributed by atoms with Crippen LogP contribution in [-0.4, -0.2) is 27.6 Å². The lowest BCUT2D eigenvalue weighted by Gasteiger charge is -2.01. The fourth-order valence-electron chi connectivity index (χ4n) is 2.13. The lowest BCUT2D eigenvalue weighted by atomic mass is 10.2. The van der Waals surface area contributed by atoms with Gasteiger partial charge in [-0.15, -0.1) is 11.3 Å². The van der Waals surface area contributed by atoms with Gasteiger partial charge >= 0.3 is 0 Å². The molecule has 1 saturated heterocycles. The number of hydrogen-bond acceptors (Lipinski definition) is 7. The molecule has 2 aromatic rings. The first kappa shape index (κ1) is 14.2. The summed E-state index contributed by atoms with van der Waals surface area (Å²) < 4.78 is 5.15. The van der Waals surface area contributed by atoms with E-state index >= 15 is 0 Å². The van der Waals surface area contributed by atoms with Gasteiger partial charge in [0, 0.05) is 5.38 Å². The highest BCUT2D eigenvalue weighted by molar-refractivity contribution is 7.14. The average Bonchev–Trinajstić information content (AvgIpc) is 3.19. The topological polar surface area (TPSA) is 92.9 Å². The Morgan fingerprint density at radius 3 is 3.05 bits per heavy atom. The molecule has 0 radical (unpaired) electrons. The SMILES string of the molecule is CC(C)c1csc(NC(=O)c2noc(C3CCCN3)n2)n1. The minimum Gasteiger partial charge on any atom is -0.337 e. The van der Waals surface area contributed by atoms with Crippen LogP contribution in [0.1, 0.15) is 60.9 Å². The summed E-state index contributed by atoms with van der Waals surface area (Å²) in [5, 5.41) is 12.2. The first-order valence-electron chi connectivity index (χ1n) is 6.97. The van der Waals surface area contributed by atoms with E-state index in [1.165, 1.54) is 11.3 Å². The van der Waals surface area contributed by atoms with Gasteiger partial charge in [0.15, 0.2) is 5.13 Å². The Morgan fingerprint density at radius 1 is 1.52 bits per heavy atom. The van der Waals surface area contributed by atoms with Gasteiger partial charge in [-0.25, -0.2) is 4.98 Å². The van der Waals surface area contributed by atoms with Gasteiger partial charge in [0.2, 0.25) is 5.89 Å². The molecule has 0 spiro atoms. The number of amides is 1. The molecule has 0 bridgehead atoms. The summed E-state index contributed by atoms with van der Waals surface area (Å²) in [5.74, 6) is 0.449. The molecule has 0 aliphatic carbocycles. The normalized spacial score (nSPS) is 18.3. The van der Waals surface area contributed by atoms with Crippen molar-refractivity contribution in [2.75, 3.05) is 11.9 Å². The van der Waals surface area contributed by atoms with Crippen LogP contribution in [0.15, 0.2) is 9.90 Å². The lowest BCUT2D eigenvalue weighted by Crippen LogP contribution is -2.15. The number of nitrogens with one attached hydrogen (secondary N) is 2. The maximum Gasteiger partial charge on any atom is 0.298 e. The van der Waals surface area contributed by atoms with Crippen LogP contribution in [-0.2, 0) is 0 Å². The van der Waals surface area contributed by atoms with Crippen molar-refractivity contribution < 1.29 is 9.32 Å². The number of thiazole rings is 1. The maximum absolute atomic E-state index is 12.1. The smallest absolute Gasteiger partial charge is 0.298 e. The number of anilines is 1. The molecular formula is C13H17N5O2S. The van der Waals surface area contributed by atoms with Crippen molar-refractivity contribution >= 4 is 22.4 Å². The molecule has 2 N–H and O–H groups in total. The molecule has 1 aliphatic heterocycles. The number of aromatic nitrogens is 3. The molecule has 0 saturated carbocycles. The average molecular weight is 307 g/mol. The van der Waals surface area contributed by atoms with Crippen LogP contribution in [0.5, 0.6) is 0 Å². The summed E-state index contributed by atoms with van der Waals surface area (Å²) in [6.07, 6.45) is 2.03. The van der Waals surface area contributed by atoms with E-state index in [2.05, 4.69) is 39.6 Å². The fraction of sp³-hybridized carbons (Fsp3) is 0.538. The van der Waals surface area contributed by atoms with Crippen LogP contribution in [0.2, 0.25) is 0 Å². The van der Waals surface area contributed by atoms with Crippen LogP contribution in [0.3, 0.4) is 0 Å². The van der Waals surface area contributed by atoms with Gasteiger partial charge < -0.3 is 9.84 Å². The Bertz CT molecular complexity index is 630. The minimum atomic E-state index is -0.396. The summed E-state index contributed by atoms with van der Waals surface area (Å²) in [4.78, 5) is 20.6. The first-order chi connectivity index (χ1) is 10.1. The van der Waals surface area contributed by atoms with E-state index in [-0.39, 0.29) is 11.9 Å². The van der Waals surface area contributed by atoms with Crippen LogP contribution in [0.4, 0.5) is 5.13 Å². The van der Waals surface area contributed by atoms with Crippen molar-refractivity contribution in [3.05, 3.63) is 22.8 Å². The molecule has 2 aromatic heterocycles. The van der Waals surface area contributed by atoms with Gasteiger partial charge in [0.25, 0.3) is 11.7 Å². The quantitative estimate of drug-likeness (QED) is 0.900. The van der Waals surface area contributed by atoms with Gasteiger partial charge in [0.05, 0.1) is 11.7 Å². The number of carbonyl (C=O) groups excluding carboxylic acids is 1. The van der Waals surface area contributed by atoms with Gasteiger partial charge in [-0.1, -0.05) is 19.0 Å². The Morgan fingerprint density at radius 2 is 2.38 bits per heavy atom. The van der Waals surface area contributed by atoms with Crippen molar-refractivity contribution in [2.24, 2.45) is 0 Å². The second-order valence-electron chi connectivity index (χ2n) is 5.29. The third kappa shape index (κ3) is 3.11. The van der Waals surface area contributed by atoms with E-state index in [4.69, 9.17) is 4.52 Å². The van der Waals surface area contributed by atoms with Gasteiger partial charge in [-0.05, 0) is 25.3 Å². The van der Waals surface area contributed by atoms with Crippen molar-refractivity contribution in [3.63, 3.8) is 0 Å². The molecule has 1 atom stereocenters. The minimum absolute atomic E-state index is 0.0417. The Labute approximate surface area is 126 Å². The molecule has 3 heterocycles. The van der Waals surface area contributed by atoms with Crippen molar-refractivity contribution in [3.8, 4) is 0 Å². The summed E-state index contributed by atoms with van der Waals surface area (Å²) >= 11 is 1.39. The highest BCUT2D eigenvalue weighted by Crippen LogP contribution is 2.23. The Hall–Kier alpha value is -1.80. The van der Waals surface area contributed by atoms with E-state index in [0.717, 1.165) is 25.1 Å². The van der Waals surface area contributed by atoms with E-state index < -0.39 is 5.91 Å². The van der Waals surface area contributed by atoms with Crippen LogP contribution >= 0.6 is 11.3 Å². The summed E-state index contributed by atoms with van der Waals surface area (Å²) in [7, 11) is 0. The summed E-state index contributed by atoms with van der Waals surface area (Å²) in [5.41, 5.74) is 0.958. The van der Waals surface area contributed by atoms with Crippen LogP contribution in [0.25, 0.3) is 0 Å². The van der Waals surface area contributed by atoms with Crippen LogP contribution < -0.4 is 10.6 Å². The largest absolute Gasteiger partial charge is 0.337 e. The lowest BCUT2D eigenvalue weighted by molar-refractivity contribution is 0.101. The van der Waals surface area contributed by atoms with E-state index in [9.17, 15) is 4.79 Å². The van der Waals surface area contributed by atoms with Crippen molar-refractivity contribution in [1.29, 1.82) is 0 Å². The third-order valence-corrected chi connectivity index (χ3v) is 4.11. The molecule has 21 heavy (non-hydrogen) atoms. The molecule has 0 aromatic carbocycles. The molecule has 112 valence electrons. The van der Waals surface area contributed by atoms with Gasteiger partial charge in [0.1, 0.15) is 0 Å². The molecular weight excluding hydrogens is 290 g/mol. The zero-order chi connectivity index (χ0) is 14.8. The van der Waals surface area contributed by atoms with Crippen molar-refractivity contribution in [2.45, 2.75) is 38.6 Å². The van der Waals surface area contributed by atoms with Gasteiger partial charge in [-0.2, -0.15) is 4.98 Å². The molecule has 3 rings (SSSR count). The third-order valence-electron chi connectivity index (χ3n) is 3.34. The van der Waals surface area contributed by atoms with Crippen LogP contribution in [0, 0.1) is 0 Å². The Balaban J connectivity index is 1.67. The zero-order valence-electron chi connectivity index (χ0n) is 11.9. The predicted octanol–water partition coefficient (Wildman–Crippen LogP) is 2.33. The number of nitrogens with zero attached hydrogens (tertiary/aromatic N) is 3. The van der Waals surface area contributed by atoms with E-state index in [1.807, 2.05) is 5.38 Å². The first-order valence-corrected chi connectivity index (χ1v) is 7.85. The number of rotatable bonds is 4. The molecule has 1 aliphatic rings. The van der Waals surface area contributed by atoms with E-state index in [0.29, 0.717) is 16.9 Å². The second kappa shape index (κ2) is 5.90. The highest BCUT2D eigenvalue weighted by Gasteiger charge is 2.24. The molecule has 8 heteroatoms. The predicted molar refractivity (Wildman–Crippen MR) is 78.4 cm³/mol. The summed E-state index contributed by atoms with van der Waals surface area (Å²) in [6.45, 7) is 5.05. The highest BCUT2D eigenvalue weighted by atomic mass is 32.1. The van der Waals surface area contributed by atoms with Gasteiger partial charge in [-0.3, -0.25) is 10.1 Å². The monoisotopic (exact) mass is 307 g/mol. The van der Waals surface area contributed by atoms with Crippen molar-refractivity contribution in [1.82, 2.24) is 20.4 Å². The number of carbonyl (C=O) groups is 1. The number of hydrogen-bond donors (Lipinski definition) is 2. The maximum atomic E-state index is 12.1. The van der Waals surface area contributed by atoms with E-state index in [1.54, 1.807) is 0 Å². The Kier molecular flexibility index (Phi) is 3.98. The molecule has 1 fully saturated rings. The molecule has 1 amide bonds. The molecule has 7 nitrogen and oxygen atoms in total. The fourth-order valence-corrected chi connectivity index (χ4v) is 2.99. The zero-order valence-corrected chi connectivity index (χ0v) is 12.7.